The number of ether oxygens (including phenoxy) is 1. The molecule has 0 radical (unpaired) electrons. The average molecular weight is 238 g/mol. The summed E-state index contributed by atoms with van der Waals surface area (Å²) in [6, 6.07) is 0. The van der Waals surface area contributed by atoms with Crippen LogP contribution in [-0.4, -0.2) is 18.4 Å². The highest BCUT2D eigenvalue weighted by Gasteiger charge is 2.12. The third-order valence-corrected chi connectivity index (χ3v) is 2.23. The number of allylic oxidation sites excluding steroid dienone is 4. The second-order valence-electron chi connectivity index (χ2n) is 4.22. The van der Waals surface area contributed by atoms with Gasteiger partial charge in [0.15, 0.2) is 0 Å². The molecule has 0 heterocycles. The van der Waals surface area contributed by atoms with E-state index in [-0.39, 0.29) is 13.0 Å². The quantitative estimate of drug-likeness (QED) is 0.388. The van der Waals surface area contributed by atoms with E-state index in [9.17, 15) is 9.59 Å². The molecule has 0 fully saturated rings. The Balaban J connectivity index is 4.02. The summed E-state index contributed by atoms with van der Waals surface area (Å²) in [4.78, 5) is 22.3. The van der Waals surface area contributed by atoms with E-state index in [0.29, 0.717) is 0 Å². The van der Waals surface area contributed by atoms with E-state index >= 15 is 0 Å². The van der Waals surface area contributed by atoms with Gasteiger partial charge in [-0.25, -0.2) is 4.79 Å². The zero-order valence-electron chi connectivity index (χ0n) is 11.2. The summed E-state index contributed by atoms with van der Waals surface area (Å²) in [5.74, 6) is -1.21. The molecule has 0 bridgehead atoms. The molecule has 0 aliphatic rings. The van der Waals surface area contributed by atoms with Gasteiger partial charge in [0.2, 0.25) is 5.78 Å². The number of carbonyl (C=O) groups is 2. The van der Waals surface area contributed by atoms with Crippen molar-refractivity contribution in [2.45, 2.75) is 47.0 Å². The number of Topliss-reactive ketones (excluding diaryl/α,β-unsaturated/α-hetero) is 1. The van der Waals surface area contributed by atoms with Crippen molar-refractivity contribution < 1.29 is 14.3 Å². The lowest BCUT2D eigenvalue weighted by atomic mass is 10.1. The average Bonchev–Trinajstić information content (AvgIpc) is 2.25. The molecule has 0 spiro atoms. The van der Waals surface area contributed by atoms with Crippen molar-refractivity contribution in [1.29, 1.82) is 0 Å². The topological polar surface area (TPSA) is 43.4 Å². The summed E-state index contributed by atoms with van der Waals surface area (Å²) in [5, 5.41) is 0. The predicted molar refractivity (Wildman–Crippen MR) is 68.7 cm³/mol. The van der Waals surface area contributed by atoms with E-state index in [1.807, 2.05) is 6.92 Å². The van der Waals surface area contributed by atoms with Crippen LogP contribution in [0.5, 0.6) is 0 Å². The maximum absolute atomic E-state index is 11.3. The van der Waals surface area contributed by atoms with E-state index < -0.39 is 11.8 Å². The highest BCUT2D eigenvalue weighted by Crippen LogP contribution is 2.07. The lowest BCUT2D eigenvalue weighted by Crippen LogP contribution is -2.16. The normalized spacial score (nSPS) is 10.9. The van der Waals surface area contributed by atoms with E-state index in [2.05, 4.69) is 24.7 Å². The third kappa shape index (κ3) is 8.43. The third-order valence-electron chi connectivity index (χ3n) is 2.23. The predicted octanol–water partition coefficient (Wildman–Crippen LogP) is 3.20. The summed E-state index contributed by atoms with van der Waals surface area (Å²) in [6.45, 7) is 8.02. The summed E-state index contributed by atoms with van der Waals surface area (Å²) in [7, 11) is 0. The van der Waals surface area contributed by atoms with E-state index in [1.54, 1.807) is 13.0 Å². The molecule has 0 aliphatic carbocycles. The largest absolute Gasteiger partial charge is 0.460 e. The number of ketones is 1. The number of carbonyl (C=O) groups excluding carboxylic acids is 2. The Morgan fingerprint density at radius 1 is 1.12 bits per heavy atom. The first-order valence-electron chi connectivity index (χ1n) is 5.96. The highest BCUT2D eigenvalue weighted by atomic mass is 16.5. The van der Waals surface area contributed by atoms with Crippen molar-refractivity contribution in [3.63, 3.8) is 0 Å². The Bertz CT molecular complexity index is 320. The molecule has 0 aromatic heterocycles. The van der Waals surface area contributed by atoms with Crippen LogP contribution in [0.3, 0.4) is 0 Å². The van der Waals surface area contributed by atoms with Crippen LogP contribution in [0, 0.1) is 0 Å². The van der Waals surface area contributed by atoms with Crippen LogP contribution in [0.25, 0.3) is 0 Å². The minimum atomic E-state index is -0.735. The monoisotopic (exact) mass is 238 g/mol. The van der Waals surface area contributed by atoms with Crippen LogP contribution in [0.4, 0.5) is 0 Å². The smallest absolute Gasteiger partial charge is 0.374 e. The van der Waals surface area contributed by atoms with Crippen LogP contribution < -0.4 is 0 Å². The first-order chi connectivity index (χ1) is 7.97. The van der Waals surface area contributed by atoms with Crippen LogP contribution in [0.1, 0.15) is 47.0 Å². The minimum Gasteiger partial charge on any atom is -0.460 e. The summed E-state index contributed by atoms with van der Waals surface area (Å²) in [6.07, 6.45) is 5.99. The fourth-order valence-electron chi connectivity index (χ4n) is 1.25. The van der Waals surface area contributed by atoms with Crippen molar-refractivity contribution in [3.05, 3.63) is 23.3 Å². The number of hydrogen-bond donors (Lipinski definition) is 0. The zero-order chi connectivity index (χ0) is 13.3. The molecule has 3 heteroatoms. The van der Waals surface area contributed by atoms with Gasteiger partial charge in [-0.2, -0.15) is 0 Å². The molecule has 0 aromatic carbocycles. The van der Waals surface area contributed by atoms with Gasteiger partial charge in [0, 0.05) is 6.42 Å². The molecule has 0 N–H and O–H groups in total. The summed E-state index contributed by atoms with van der Waals surface area (Å²) < 4.78 is 4.62. The summed E-state index contributed by atoms with van der Waals surface area (Å²) in [5.41, 5.74) is 2.42. The van der Waals surface area contributed by atoms with Crippen molar-refractivity contribution in [2.75, 3.05) is 6.61 Å². The molecule has 3 nitrogen and oxygen atoms in total. The molecule has 0 aliphatic heterocycles. The van der Waals surface area contributed by atoms with Gasteiger partial charge in [-0.05, 0) is 40.5 Å². The Hall–Kier alpha value is -1.38. The van der Waals surface area contributed by atoms with Gasteiger partial charge in [0.05, 0.1) is 6.61 Å². The first kappa shape index (κ1) is 15.6. The van der Waals surface area contributed by atoms with Crippen LogP contribution in [-0.2, 0) is 14.3 Å². The second kappa shape index (κ2) is 8.74. The molecular formula is C14H22O3. The van der Waals surface area contributed by atoms with Crippen molar-refractivity contribution in [1.82, 2.24) is 0 Å². The maximum Gasteiger partial charge on any atom is 0.374 e. The minimum absolute atomic E-state index is 0.138. The molecule has 96 valence electrons. The molecule has 0 saturated carbocycles. The van der Waals surface area contributed by atoms with Crippen molar-refractivity contribution >= 4 is 11.8 Å². The van der Waals surface area contributed by atoms with Crippen molar-refractivity contribution in [3.8, 4) is 0 Å². The molecular weight excluding hydrogens is 216 g/mol. The lowest BCUT2D eigenvalue weighted by molar-refractivity contribution is -0.153. The molecule has 0 rings (SSSR count). The van der Waals surface area contributed by atoms with Gasteiger partial charge >= 0.3 is 5.97 Å². The lowest BCUT2D eigenvalue weighted by Gasteiger charge is -2.00. The fourth-order valence-corrected chi connectivity index (χ4v) is 1.25. The van der Waals surface area contributed by atoms with E-state index in [0.717, 1.165) is 18.4 Å². The molecule has 0 atom stereocenters. The SMILES string of the molecule is CCOC(=O)C(=O)C/C=C(\C)CCC=C(C)C. The van der Waals surface area contributed by atoms with Gasteiger partial charge in [0.1, 0.15) is 0 Å². The van der Waals surface area contributed by atoms with Gasteiger partial charge in [-0.3, -0.25) is 4.79 Å². The van der Waals surface area contributed by atoms with Gasteiger partial charge in [-0.1, -0.05) is 23.3 Å². The summed E-state index contributed by atoms with van der Waals surface area (Å²) >= 11 is 0. The second-order valence-corrected chi connectivity index (χ2v) is 4.22. The Morgan fingerprint density at radius 2 is 1.76 bits per heavy atom. The number of rotatable bonds is 7. The van der Waals surface area contributed by atoms with Crippen LogP contribution in [0.2, 0.25) is 0 Å². The molecule has 0 unspecified atom stereocenters. The van der Waals surface area contributed by atoms with E-state index in [4.69, 9.17) is 0 Å². The Labute approximate surface area is 104 Å². The van der Waals surface area contributed by atoms with Gasteiger partial charge in [0.25, 0.3) is 0 Å². The van der Waals surface area contributed by atoms with Gasteiger partial charge < -0.3 is 4.74 Å². The molecule has 0 aromatic rings. The Morgan fingerprint density at radius 3 is 2.29 bits per heavy atom. The van der Waals surface area contributed by atoms with Crippen LogP contribution >= 0.6 is 0 Å². The Kier molecular flexibility index (Phi) is 8.03. The van der Waals surface area contributed by atoms with Crippen molar-refractivity contribution in [2.24, 2.45) is 0 Å². The highest BCUT2D eigenvalue weighted by molar-refractivity contribution is 6.33. The van der Waals surface area contributed by atoms with Gasteiger partial charge in [-0.15, -0.1) is 0 Å². The molecule has 0 amide bonds. The standard InChI is InChI=1S/C14H22O3/c1-5-17-14(16)13(15)10-9-12(4)8-6-7-11(2)3/h7,9H,5-6,8,10H2,1-4H3/b12-9+. The number of hydrogen-bond acceptors (Lipinski definition) is 3. The van der Waals surface area contributed by atoms with E-state index in [1.165, 1.54) is 5.57 Å². The first-order valence-corrected chi connectivity index (χ1v) is 5.96. The fraction of sp³-hybridized carbons (Fsp3) is 0.571. The van der Waals surface area contributed by atoms with Crippen LogP contribution in [0.15, 0.2) is 23.3 Å². The molecule has 0 saturated heterocycles. The zero-order valence-corrected chi connectivity index (χ0v) is 11.2. The number of esters is 1. The maximum atomic E-state index is 11.3. The molecule has 17 heavy (non-hydrogen) atoms.